The second kappa shape index (κ2) is 4.15. The zero-order valence-electron chi connectivity index (χ0n) is 9.18. The summed E-state index contributed by atoms with van der Waals surface area (Å²) in [5, 5.41) is 20.1. The molecule has 0 aliphatic carbocycles. The summed E-state index contributed by atoms with van der Waals surface area (Å²) in [4.78, 5) is 0. The van der Waals surface area contributed by atoms with E-state index in [9.17, 15) is 18.6 Å². The Bertz CT molecular complexity index is 359. The van der Waals surface area contributed by atoms with E-state index in [1.54, 1.807) is 11.8 Å². The monoisotopic (exact) mass is 266 g/mol. The Labute approximate surface area is 100 Å². The van der Waals surface area contributed by atoms with Crippen LogP contribution < -0.4 is 0 Å². The fourth-order valence-corrected chi connectivity index (χ4v) is 6.03. The second-order valence-corrected chi connectivity index (χ2v) is 8.33. The predicted octanol–water partition coefficient (Wildman–Crippen LogP) is 0.0417. The third-order valence-electron chi connectivity index (χ3n) is 4.03. The van der Waals surface area contributed by atoms with Crippen LogP contribution in [0.15, 0.2) is 0 Å². The summed E-state index contributed by atoms with van der Waals surface area (Å²) < 4.78 is 23.0. The summed E-state index contributed by atoms with van der Waals surface area (Å²) in [5.41, 5.74) is -1.80. The van der Waals surface area contributed by atoms with Gasteiger partial charge in [-0.2, -0.15) is 11.8 Å². The minimum absolute atomic E-state index is 0.0540. The first-order chi connectivity index (χ1) is 7.43. The zero-order valence-corrected chi connectivity index (χ0v) is 10.8. The average Bonchev–Trinajstić information content (AvgIpc) is 2.55. The quantitative estimate of drug-likeness (QED) is 0.738. The maximum atomic E-state index is 11.5. The first-order valence-corrected chi connectivity index (χ1v) is 8.52. The van der Waals surface area contributed by atoms with Gasteiger partial charge in [-0.25, -0.2) is 8.42 Å². The Hall–Kier alpha value is 0.220. The van der Waals surface area contributed by atoms with Crippen molar-refractivity contribution in [2.24, 2.45) is 5.41 Å². The van der Waals surface area contributed by atoms with Gasteiger partial charge in [-0.05, 0) is 30.8 Å². The Balaban J connectivity index is 2.27. The molecule has 94 valence electrons. The molecule has 0 aromatic heterocycles. The molecule has 2 N–H and O–H groups in total. The van der Waals surface area contributed by atoms with E-state index in [1.807, 2.05) is 0 Å². The van der Waals surface area contributed by atoms with Gasteiger partial charge in [0.25, 0.3) is 0 Å². The summed E-state index contributed by atoms with van der Waals surface area (Å²) in [6, 6.07) is 0. The number of aliphatic hydroxyl groups is 2. The van der Waals surface area contributed by atoms with Crippen LogP contribution in [-0.4, -0.2) is 53.9 Å². The van der Waals surface area contributed by atoms with Crippen LogP contribution in [0.2, 0.25) is 0 Å². The van der Waals surface area contributed by atoms with E-state index in [0.29, 0.717) is 12.8 Å². The number of thioether (sulfide) groups is 1. The molecule has 2 fully saturated rings. The molecule has 0 aromatic rings. The van der Waals surface area contributed by atoms with E-state index in [-0.39, 0.29) is 24.5 Å². The number of hydrogen-bond donors (Lipinski definition) is 2. The molecule has 2 rings (SSSR count). The van der Waals surface area contributed by atoms with Crippen LogP contribution in [0.5, 0.6) is 0 Å². The van der Waals surface area contributed by atoms with Gasteiger partial charge >= 0.3 is 0 Å². The van der Waals surface area contributed by atoms with Crippen LogP contribution in [-0.2, 0) is 9.84 Å². The molecule has 0 amide bonds. The van der Waals surface area contributed by atoms with Gasteiger partial charge in [-0.1, -0.05) is 0 Å². The van der Waals surface area contributed by atoms with E-state index < -0.39 is 20.9 Å². The fourth-order valence-electron chi connectivity index (χ4n) is 2.78. The van der Waals surface area contributed by atoms with Crippen molar-refractivity contribution in [2.75, 3.05) is 29.6 Å². The second-order valence-electron chi connectivity index (χ2n) is 4.92. The van der Waals surface area contributed by atoms with Gasteiger partial charge in [-0.3, -0.25) is 0 Å². The molecule has 2 saturated heterocycles. The van der Waals surface area contributed by atoms with E-state index in [0.717, 1.165) is 11.5 Å². The van der Waals surface area contributed by atoms with Gasteiger partial charge in [0.05, 0.1) is 23.7 Å². The first kappa shape index (κ1) is 12.7. The normalized spacial score (nSPS) is 37.4. The summed E-state index contributed by atoms with van der Waals surface area (Å²) in [6.45, 7) is -0.112. The zero-order chi connectivity index (χ0) is 11.9. The van der Waals surface area contributed by atoms with Gasteiger partial charge < -0.3 is 10.2 Å². The van der Waals surface area contributed by atoms with E-state index >= 15 is 0 Å². The molecule has 0 radical (unpaired) electrons. The fraction of sp³-hybridized carbons (Fsp3) is 1.00. The molecule has 1 atom stereocenters. The largest absolute Gasteiger partial charge is 0.396 e. The van der Waals surface area contributed by atoms with Gasteiger partial charge in [0.2, 0.25) is 0 Å². The third-order valence-corrected chi connectivity index (χ3v) is 6.75. The smallest absolute Gasteiger partial charge is 0.153 e. The van der Waals surface area contributed by atoms with Gasteiger partial charge in [0, 0.05) is 5.41 Å². The molecule has 1 unspecified atom stereocenters. The minimum atomic E-state index is -3.12. The van der Waals surface area contributed by atoms with Gasteiger partial charge in [0.15, 0.2) is 9.84 Å². The van der Waals surface area contributed by atoms with Crippen LogP contribution >= 0.6 is 11.8 Å². The van der Waals surface area contributed by atoms with Crippen LogP contribution in [0.25, 0.3) is 0 Å². The Morgan fingerprint density at radius 3 is 2.25 bits per heavy atom. The van der Waals surface area contributed by atoms with Crippen molar-refractivity contribution in [1.82, 2.24) is 0 Å². The predicted molar refractivity (Wildman–Crippen MR) is 64.3 cm³/mol. The topological polar surface area (TPSA) is 74.6 Å². The average molecular weight is 266 g/mol. The third kappa shape index (κ3) is 2.00. The molecule has 0 saturated carbocycles. The highest BCUT2D eigenvalue weighted by Gasteiger charge is 2.55. The number of aliphatic hydroxyl groups excluding tert-OH is 1. The lowest BCUT2D eigenvalue weighted by Crippen LogP contribution is -2.53. The van der Waals surface area contributed by atoms with Crippen LogP contribution in [0, 0.1) is 5.41 Å². The molecule has 16 heavy (non-hydrogen) atoms. The number of sulfone groups is 1. The molecular formula is C10H18O4S2. The Morgan fingerprint density at radius 1 is 1.19 bits per heavy atom. The van der Waals surface area contributed by atoms with Crippen LogP contribution in [0.4, 0.5) is 0 Å². The maximum Gasteiger partial charge on any atom is 0.153 e. The number of rotatable bonds is 2. The van der Waals surface area contributed by atoms with Crippen molar-refractivity contribution >= 4 is 21.6 Å². The molecule has 2 aliphatic rings. The highest BCUT2D eigenvalue weighted by molar-refractivity contribution is 7.99. The van der Waals surface area contributed by atoms with Crippen LogP contribution in [0.3, 0.4) is 0 Å². The highest BCUT2D eigenvalue weighted by atomic mass is 32.2. The molecule has 2 aliphatic heterocycles. The van der Waals surface area contributed by atoms with Crippen molar-refractivity contribution in [3.63, 3.8) is 0 Å². The van der Waals surface area contributed by atoms with Crippen molar-refractivity contribution in [3.05, 3.63) is 0 Å². The molecule has 6 heteroatoms. The minimum Gasteiger partial charge on any atom is -0.396 e. The molecule has 2 heterocycles. The molecule has 4 nitrogen and oxygen atoms in total. The Kier molecular flexibility index (Phi) is 3.29. The highest BCUT2D eigenvalue weighted by Crippen LogP contribution is 2.48. The summed E-state index contributed by atoms with van der Waals surface area (Å²) in [6.07, 6.45) is 1.70. The van der Waals surface area contributed by atoms with E-state index in [4.69, 9.17) is 0 Å². The first-order valence-electron chi connectivity index (χ1n) is 5.55. The molecule has 0 aromatic carbocycles. The van der Waals surface area contributed by atoms with Crippen molar-refractivity contribution in [2.45, 2.75) is 24.9 Å². The lowest BCUT2D eigenvalue weighted by Gasteiger charge is -2.46. The summed E-state index contributed by atoms with van der Waals surface area (Å²) in [5.74, 6) is 1.66. The van der Waals surface area contributed by atoms with E-state index in [1.165, 1.54) is 0 Å². The van der Waals surface area contributed by atoms with Gasteiger partial charge in [-0.15, -0.1) is 0 Å². The molecule has 0 bridgehead atoms. The Morgan fingerprint density at radius 2 is 1.81 bits per heavy atom. The molecule has 0 spiro atoms. The van der Waals surface area contributed by atoms with Crippen molar-refractivity contribution in [3.8, 4) is 0 Å². The van der Waals surface area contributed by atoms with Crippen molar-refractivity contribution < 1.29 is 18.6 Å². The summed E-state index contributed by atoms with van der Waals surface area (Å²) in [7, 11) is -3.12. The standard InChI is InChI=1S/C10H18O4S2/c11-7-9(1-4-15-5-2-9)10(12)3-6-16(13,14)8-10/h11-12H,1-8H2. The van der Waals surface area contributed by atoms with E-state index in [2.05, 4.69) is 0 Å². The summed E-state index contributed by atoms with van der Waals surface area (Å²) >= 11 is 1.80. The van der Waals surface area contributed by atoms with Crippen LogP contribution in [0.1, 0.15) is 19.3 Å². The van der Waals surface area contributed by atoms with Crippen molar-refractivity contribution in [1.29, 1.82) is 0 Å². The van der Waals surface area contributed by atoms with Gasteiger partial charge in [0.1, 0.15) is 0 Å². The SMILES string of the molecule is O=S1(=O)CCC(O)(C2(CO)CCSCC2)C1. The maximum absolute atomic E-state index is 11.5. The molecular weight excluding hydrogens is 248 g/mol. The lowest BCUT2D eigenvalue weighted by atomic mass is 9.68. The number of hydrogen-bond acceptors (Lipinski definition) is 5. The lowest BCUT2D eigenvalue weighted by molar-refractivity contribution is -0.0965.